The summed E-state index contributed by atoms with van der Waals surface area (Å²) < 4.78 is 45.2. The lowest BCUT2D eigenvalue weighted by molar-refractivity contribution is -0.129. The van der Waals surface area contributed by atoms with Gasteiger partial charge in [0.15, 0.2) is 23.6 Å². The van der Waals surface area contributed by atoms with Crippen LogP contribution >= 0.6 is 0 Å². The monoisotopic (exact) mass is 408 g/mol. The van der Waals surface area contributed by atoms with Crippen molar-refractivity contribution in [1.82, 2.24) is 5.32 Å². The van der Waals surface area contributed by atoms with E-state index in [0.29, 0.717) is 17.7 Å². The number of aryl methyl sites for hydroxylation is 1. The van der Waals surface area contributed by atoms with E-state index >= 15 is 0 Å². The zero-order chi connectivity index (χ0) is 21.7. The zero-order valence-electron chi connectivity index (χ0n) is 16.6. The topological polar surface area (TPSA) is 67.4 Å². The summed E-state index contributed by atoms with van der Waals surface area (Å²) in [6.07, 6.45) is -0.882. The molecule has 0 aliphatic carbocycles. The molecule has 0 heterocycles. The van der Waals surface area contributed by atoms with Gasteiger partial charge < -0.3 is 15.4 Å². The van der Waals surface area contributed by atoms with Crippen LogP contribution in [0.1, 0.15) is 37.8 Å². The average molecular weight is 408 g/mol. The van der Waals surface area contributed by atoms with Crippen molar-refractivity contribution in [3.05, 3.63) is 58.9 Å². The fraction of sp³-hybridized carbons (Fsp3) is 0.333. The van der Waals surface area contributed by atoms with E-state index in [2.05, 4.69) is 24.5 Å². The van der Waals surface area contributed by atoms with E-state index in [9.17, 15) is 22.8 Å². The van der Waals surface area contributed by atoms with Gasteiger partial charge >= 0.3 is 0 Å². The maximum Gasteiger partial charge on any atom is 0.261 e. The molecule has 2 rings (SSSR count). The van der Waals surface area contributed by atoms with Crippen LogP contribution < -0.4 is 15.4 Å². The molecule has 8 heteroatoms. The summed E-state index contributed by atoms with van der Waals surface area (Å²) in [7, 11) is 0. The number of amides is 2. The fourth-order valence-corrected chi connectivity index (χ4v) is 2.75. The second-order valence-electron chi connectivity index (χ2n) is 6.92. The van der Waals surface area contributed by atoms with Gasteiger partial charge in [-0.15, -0.1) is 0 Å². The van der Waals surface area contributed by atoms with Gasteiger partial charge in [-0.1, -0.05) is 19.9 Å². The van der Waals surface area contributed by atoms with Crippen molar-refractivity contribution < 1.29 is 27.5 Å². The molecule has 2 amide bonds. The standard InChI is InChI=1S/C21H23F3N2O3/c1-11(2)15-6-5-14(9-12(15)3)29-13(4)21(28)25-10-18(27)26-17-8-7-16(22)19(23)20(17)24/h5-9,11,13H,10H2,1-4H3,(H,25,28)(H,26,27). The van der Waals surface area contributed by atoms with Gasteiger partial charge in [-0.2, -0.15) is 0 Å². The lowest BCUT2D eigenvalue weighted by Crippen LogP contribution is -2.40. The number of nitrogens with one attached hydrogen (secondary N) is 2. The first-order valence-electron chi connectivity index (χ1n) is 9.08. The van der Waals surface area contributed by atoms with Gasteiger partial charge in [-0.3, -0.25) is 9.59 Å². The molecule has 1 atom stereocenters. The van der Waals surface area contributed by atoms with Crippen LogP contribution in [0.15, 0.2) is 30.3 Å². The summed E-state index contributed by atoms with van der Waals surface area (Å²) in [5, 5.41) is 4.42. The van der Waals surface area contributed by atoms with E-state index in [1.807, 2.05) is 19.1 Å². The lowest BCUT2D eigenvalue weighted by atomic mass is 9.98. The van der Waals surface area contributed by atoms with E-state index in [4.69, 9.17) is 4.74 Å². The first kappa shape index (κ1) is 22.3. The molecule has 2 N–H and O–H groups in total. The van der Waals surface area contributed by atoms with Crippen molar-refractivity contribution in [3.63, 3.8) is 0 Å². The normalized spacial score (nSPS) is 11.9. The van der Waals surface area contributed by atoms with Crippen molar-refractivity contribution in [2.24, 2.45) is 0 Å². The molecule has 0 spiro atoms. The summed E-state index contributed by atoms with van der Waals surface area (Å²) in [4.78, 5) is 24.0. The SMILES string of the molecule is Cc1cc(OC(C)C(=O)NCC(=O)Nc2ccc(F)c(F)c2F)ccc1C(C)C. The van der Waals surface area contributed by atoms with Crippen LogP contribution in [-0.4, -0.2) is 24.5 Å². The third kappa shape index (κ3) is 5.73. The average Bonchev–Trinajstić information content (AvgIpc) is 2.66. The molecule has 0 saturated carbocycles. The number of carbonyl (C=O) groups excluding carboxylic acids is 2. The van der Waals surface area contributed by atoms with E-state index in [0.717, 1.165) is 11.6 Å². The van der Waals surface area contributed by atoms with Gasteiger partial charge in [0, 0.05) is 0 Å². The Morgan fingerprint density at radius 3 is 2.34 bits per heavy atom. The number of ether oxygens (including phenoxy) is 1. The molecule has 0 saturated heterocycles. The number of hydrogen-bond acceptors (Lipinski definition) is 3. The lowest BCUT2D eigenvalue weighted by Gasteiger charge is -2.17. The Kier molecular flexibility index (Phi) is 7.25. The molecule has 29 heavy (non-hydrogen) atoms. The van der Waals surface area contributed by atoms with Gasteiger partial charge in [-0.05, 0) is 55.2 Å². The van der Waals surface area contributed by atoms with Gasteiger partial charge in [0.25, 0.3) is 5.91 Å². The molecule has 2 aromatic carbocycles. The largest absolute Gasteiger partial charge is 0.481 e. The molecule has 0 radical (unpaired) electrons. The minimum atomic E-state index is -1.69. The Balaban J connectivity index is 1.89. The van der Waals surface area contributed by atoms with Gasteiger partial charge in [0.1, 0.15) is 5.75 Å². The maximum absolute atomic E-state index is 13.6. The number of benzene rings is 2. The second-order valence-corrected chi connectivity index (χ2v) is 6.92. The summed E-state index contributed by atoms with van der Waals surface area (Å²) in [6.45, 7) is 7.14. The summed E-state index contributed by atoms with van der Waals surface area (Å²) in [5.74, 6) is -5.04. The number of rotatable bonds is 7. The molecule has 2 aromatic rings. The van der Waals surface area contributed by atoms with Crippen LogP contribution in [0, 0.1) is 24.4 Å². The van der Waals surface area contributed by atoms with Crippen molar-refractivity contribution >= 4 is 17.5 Å². The van der Waals surface area contributed by atoms with Crippen molar-refractivity contribution in [3.8, 4) is 5.75 Å². The summed E-state index contributed by atoms with van der Waals surface area (Å²) in [5.41, 5.74) is 1.70. The van der Waals surface area contributed by atoms with E-state index in [-0.39, 0.29) is 0 Å². The number of carbonyl (C=O) groups is 2. The van der Waals surface area contributed by atoms with Crippen LogP contribution in [0.5, 0.6) is 5.75 Å². The smallest absolute Gasteiger partial charge is 0.261 e. The number of halogens is 3. The van der Waals surface area contributed by atoms with E-state index in [1.165, 1.54) is 12.5 Å². The Morgan fingerprint density at radius 2 is 1.72 bits per heavy atom. The molecule has 5 nitrogen and oxygen atoms in total. The van der Waals surface area contributed by atoms with Gasteiger partial charge in [0.05, 0.1) is 12.2 Å². The van der Waals surface area contributed by atoms with E-state index in [1.54, 1.807) is 6.07 Å². The van der Waals surface area contributed by atoms with Crippen LogP contribution in [-0.2, 0) is 9.59 Å². The molecule has 1 unspecified atom stereocenters. The number of anilines is 1. The summed E-state index contributed by atoms with van der Waals surface area (Å²) >= 11 is 0. The zero-order valence-corrected chi connectivity index (χ0v) is 16.6. The Bertz CT molecular complexity index is 916. The number of hydrogen-bond donors (Lipinski definition) is 2. The fourth-order valence-electron chi connectivity index (χ4n) is 2.75. The quantitative estimate of drug-likeness (QED) is 0.679. The third-order valence-corrected chi connectivity index (χ3v) is 4.28. The Morgan fingerprint density at radius 1 is 1.03 bits per heavy atom. The highest BCUT2D eigenvalue weighted by Crippen LogP contribution is 2.24. The summed E-state index contributed by atoms with van der Waals surface area (Å²) in [6, 6.07) is 7.11. The molecule has 0 fully saturated rings. The maximum atomic E-state index is 13.6. The minimum absolute atomic E-state index is 0.364. The second kappa shape index (κ2) is 9.45. The van der Waals surface area contributed by atoms with Crippen LogP contribution in [0.3, 0.4) is 0 Å². The van der Waals surface area contributed by atoms with Crippen LogP contribution in [0.25, 0.3) is 0 Å². The third-order valence-electron chi connectivity index (χ3n) is 4.28. The predicted octanol–water partition coefficient (Wildman–Crippen LogP) is 4.06. The molecular weight excluding hydrogens is 385 g/mol. The van der Waals surface area contributed by atoms with E-state index < -0.39 is 47.6 Å². The highest BCUT2D eigenvalue weighted by atomic mass is 19.2. The molecule has 156 valence electrons. The van der Waals surface area contributed by atoms with Crippen molar-refractivity contribution in [1.29, 1.82) is 0 Å². The van der Waals surface area contributed by atoms with Gasteiger partial charge in [-0.25, -0.2) is 13.2 Å². The van der Waals surface area contributed by atoms with Crippen LogP contribution in [0.2, 0.25) is 0 Å². The van der Waals surface area contributed by atoms with Crippen LogP contribution in [0.4, 0.5) is 18.9 Å². The molecule has 0 aliphatic heterocycles. The first-order valence-corrected chi connectivity index (χ1v) is 9.08. The first-order chi connectivity index (χ1) is 13.6. The molecule has 0 aliphatic rings. The van der Waals surface area contributed by atoms with Crippen molar-refractivity contribution in [2.45, 2.75) is 39.7 Å². The van der Waals surface area contributed by atoms with Crippen molar-refractivity contribution in [2.75, 3.05) is 11.9 Å². The Labute approximate surface area is 167 Å². The molecular formula is C21H23F3N2O3. The Hall–Kier alpha value is -3.03. The highest BCUT2D eigenvalue weighted by molar-refractivity contribution is 5.95. The minimum Gasteiger partial charge on any atom is -0.481 e. The molecule has 0 bridgehead atoms. The highest BCUT2D eigenvalue weighted by Gasteiger charge is 2.18. The van der Waals surface area contributed by atoms with Gasteiger partial charge in [0.2, 0.25) is 5.91 Å². The molecule has 0 aromatic heterocycles. The predicted molar refractivity (Wildman–Crippen MR) is 103 cm³/mol.